The summed E-state index contributed by atoms with van der Waals surface area (Å²) in [6, 6.07) is 0.0175. The fourth-order valence-electron chi connectivity index (χ4n) is 2.11. The Balaban J connectivity index is 2.77. The zero-order valence-corrected chi connectivity index (χ0v) is 8.95. The lowest BCUT2D eigenvalue weighted by Gasteiger charge is -2.33. The van der Waals surface area contributed by atoms with Crippen LogP contribution >= 0.6 is 0 Å². The average molecular weight is 199 g/mol. The monoisotopic (exact) mass is 199 g/mol. The number of aldehydes is 1. The number of carbonyl (C=O) groups is 2. The number of rotatable bonds is 3. The molecular weight excluding hydrogens is 182 g/mol. The zero-order chi connectivity index (χ0) is 10.8. The molecule has 0 amide bonds. The van der Waals surface area contributed by atoms with Crippen LogP contribution < -0.4 is 0 Å². The van der Waals surface area contributed by atoms with E-state index in [0.29, 0.717) is 0 Å². The topological polar surface area (TPSA) is 46.6 Å². The quantitative estimate of drug-likeness (QED) is 0.493. The molecule has 1 aliphatic rings. The Hall–Kier alpha value is -0.900. The molecular formula is C10H17NO3. The highest BCUT2D eigenvalue weighted by molar-refractivity contribution is 5.73. The molecule has 2 atom stereocenters. The van der Waals surface area contributed by atoms with E-state index >= 15 is 0 Å². The minimum absolute atomic E-state index is 0.0175. The molecule has 2 unspecified atom stereocenters. The van der Waals surface area contributed by atoms with Gasteiger partial charge in [-0.05, 0) is 33.4 Å². The highest BCUT2D eigenvalue weighted by Crippen LogP contribution is 2.27. The van der Waals surface area contributed by atoms with Crippen molar-refractivity contribution in [3.63, 3.8) is 0 Å². The van der Waals surface area contributed by atoms with Crippen LogP contribution in [0.15, 0.2) is 0 Å². The second-order valence-electron chi connectivity index (χ2n) is 4.03. The molecule has 0 aromatic heterocycles. The summed E-state index contributed by atoms with van der Waals surface area (Å²) in [5.41, 5.74) is -0.989. The van der Waals surface area contributed by atoms with E-state index in [1.165, 1.54) is 6.92 Å². The molecule has 4 heteroatoms. The van der Waals surface area contributed by atoms with Gasteiger partial charge in [0.25, 0.3) is 0 Å². The molecule has 14 heavy (non-hydrogen) atoms. The summed E-state index contributed by atoms with van der Waals surface area (Å²) in [4.78, 5) is 23.9. The second-order valence-corrected chi connectivity index (χ2v) is 4.03. The standard InChI is InChI=1S/C10H17NO3/c1-8(13)14-10(2,7-12)9-5-4-6-11(9)3/h7,9H,4-6H2,1-3H3. The van der Waals surface area contributed by atoms with E-state index in [1.807, 2.05) is 7.05 Å². The molecule has 0 aromatic carbocycles. The lowest BCUT2D eigenvalue weighted by atomic mass is 9.96. The van der Waals surface area contributed by atoms with E-state index in [1.54, 1.807) is 6.92 Å². The Morgan fingerprint density at radius 2 is 2.29 bits per heavy atom. The molecule has 0 bridgehead atoms. The van der Waals surface area contributed by atoms with Gasteiger partial charge in [-0.2, -0.15) is 0 Å². The summed E-state index contributed by atoms with van der Waals surface area (Å²) in [6.45, 7) is 3.96. The van der Waals surface area contributed by atoms with Crippen LogP contribution in [0, 0.1) is 0 Å². The lowest BCUT2D eigenvalue weighted by molar-refractivity contribution is -0.164. The first-order valence-corrected chi connectivity index (χ1v) is 4.86. The number of nitrogens with zero attached hydrogens (tertiary/aromatic N) is 1. The highest BCUT2D eigenvalue weighted by atomic mass is 16.6. The minimum atomic E-state index is -0.989. The largest absolute Gasteiger partial charge is 0.450 e. The number of hydrogen-bond donors (Lipinski definition) is 0. The minimum Gasteiger partial charge on any atom is -0.450 e. The van der Waals surface area contributed by atoms with Gasteiger partial charge in [0.15, 0.2) is 11.9 Å². The van der Waals surface area contributed by atoms with Gasteiger partial charge in [0.2, 0.25) is 0 Å². The van der Waals surface area contributed by atoms with Crippen molar-refractivity contribution in [1.29, 1.82) is 0 Å². The molecule has 0 N–H and O–H groups in total. The third-order valence-corrected chi connectivity index (χ3v) is 2.78. The van der Waals surface area contributed by atoms with Crippen molar-refractivity contribution in [2.45, 2.75) is 38.3 Å². The van der Waals surface area contributed by atoms with Gasteiger partial charge in [-0.3, -0.25) is 14.5 Å². The van der Waals surface area contributed by atoms with Crippen LogP contribution in [0.1, 0.15) is 26.7 Å². The molecule has 1 aliphatic heterocycles. The Morgan fingerprint density at radius 1 is 1.64 bits per heavy atom. The number of likely N-dealkylation sites (tertiary alicyclic amines) is 1. The van der Waals surface area contributed by atoms with Gasteiger partial charge in [0.05, 0.1) is 6.04 Å². The molecule has 0 spiro atoms. The number of likely N-dealkylation sites (N-methyl/N-ethyl adjacent to an activating group) is 1. The van der Waals surface area contributed by atoms with Crippen LogP contribution in [-0.4, -0.2) is 42.4 Å². The van der Waals surface area contributed by atoms with Crippen molar-refractivity contribution in [3.8, 4) is 0 Å². The van der Waals surface area contributed by atoms with Crippen molar-refractivity contribution >= 4 is 12.3 Å². The first-order chi connectivity index (χ1) is 6.49. The van der Waals surface area contributed by atoms with Gasteiger partial charge < -0.3 is 4.74 Å². The fourth-order valence-corrected chi connectivity index (χ4v) is 2.11. The van der Waals surface area contributed by atoms with E-state index in [2.05, 4.69) is 4.90 Å². The molecule has 1 rings (SSSR count). The van der Waals surface area contributed by atoms with Gasteiger partial charge in [0.1, 0.15) is 0 Å². The Morgan fingerprint density at radius 3 is 2.64 bits per heavy atom. The van der Waals surface area contributed by atoms with E-state index in [-0.39, 0.29) is 6.04 Å². The zero-order valence-electron chi connectivity index (χ0n) is 8.95. The summed E-state index contributed by atoms with van der Waals surface area (Å²) in [5, 5.41) is 0. The van der Waals surface area contributed by atoms with E-state index in [0.717, 1.165) is 25.7 Å². The third-order valence-electron chi connectivity index (χ3n) is 2.78. The van der Waals surface area contributed by atoms with Crippen LogP contribution in [0.4, 0.5) is 0 Å². The summed E-state index contributed by atoms with van der Waals surface area (Å²) in [6.07, 6.45) is 2.69. The summed E-state index contributed by atoms with van der Waals surface area (Å²) < 4.78 is 5.09. The molecule has 1 heterocycles. The van der Waals surface area contributed by atoms with Crippen LogP contribution in [0.25, 0.3) is 0 Å². The first kappa shape index (κ1) is 11.2. The SMILES string of the molecule is CC(=O)OC(C)(C=O)C1CCCN1C. The van der Waals surface area contributed by atoms with Crippen LogP contribution in [0.5, 0.6) is 0 Å². The molecule has 0 saturated carbocycles. The van der Waals surface area contributed by atoms with Gasteiger partial charge in [0, 0.05) is 6.92 Å². The first-order valence-electron chi connectivity index (χ1n) is 4.86. The molecule has 80 valence electrons. The van der Waals surface area contributed by atoms with Gasteiger partial charge in [-0.25, -0.2) is 0 Å². The van der Waals surface area contributed by atoms with Crippen LogP contribution in [-0.2, 0) is 14.3 Å². The fraction of sp³-hybridized carbons (Fsp3) is 0.800. The maximum atomic E-state index is 11.0. The molecule has 1 saturated heterocycles. The molecule has 0 radical (unpaired) electrons. The number of hydrogen-bond acceptors (Lipinski definition) is 4. The van der Waals surface area contributed by atoms with Gasteiger partial charge >= 0.3 is 5.97 Å². The van der Waals surface area contributed by atoms with Crippen molar-refractivity contribution < 1.29 is 14.3 Å². The average Bonchev–Trinajstić information content (AvgIpc) is 2.50. The molecule has 4 nitrogen and oxygen atoms in total. The van der Waals surface area contributed by atoms with Crippen LogP contribution in [0.3, 0.4) is 0 Å². The van der Waals surface area contributed by atoms with Crippen molar-refractivity contribution in [1.82, 2.24) is 4.90 Å². The third kappa shape index (κ3) is 2.12. The molecule has 0 aromatic rings. The Labute approximate surface area is 84.2 Å². The maximum absolute atomic E-state index is 11.0. The van der Waals surface area contributed by atoms with Gasteiger partial charge in [-0.1, -0.05) is 0 Å². The summed E-state index contributed by atoms with van der Waals surface area (Å²) in [7, 11) is 1.95. The maximum Gasteiger partial charge on any atom is 0.303 e. The number of ether oxygens (including phenoxy) is 1. The van der Waals surface area contributed by atoms with E-state index < -0.39 is 11.6 Å². The van der Waals surface area contributed by atoms with Crippen molar-refractivity contribution in [2.24, 2.45) is 0 Å². The molecule has 1 fully saturated rings. The van der Waals surface area contributed by atoms with Crippen molar-refractivity contribution in [2.75, 3.05) is 13.6 Å². The van der Waals surface area contributed by atoms with Gasteiger partial charge in [-0.15, -0.1) is 0 Å². The highest BCUT2D eigenvalue weighted by Gasteiger charge is 2.41. The van der Waals surface area contributed by atoms with E-state index in [9.17, 15) is 9.59 Å². The smallest absolute Gasteiger partial charge is 0.303 e. The van der Waals surface area contributed by atoms with E-state index in [4.69, 9.17) is 4.74 Å². The lowest BCUT2D eigenvalue weighted by Crippen LogP contribution is -2.50. The number of carbonyl (C=O) groups excluding carboxylic acids is 2. The normalized spacial score (nSPS) is 26.9. The summed E-state index contributed by atoms with van der Waals surface area (Å²) in [5.74, 6) is -0.403. The van der Waals surface area contributed by atoms with Crippen LogP contribution in [0.2, 0.25) is 0 Å². The molecule has 0 aliphatic carbocycles. The summed E-state index contributed by atoms with van der Waals surface area (Å²) >= 11 is 0. The second kappa shape index (κ2) is 4.09. The predicted octanol–water partition coefficient (Wildman–Crippen LogP) is 0.601. The Kier molecular flexibility index (Phi) is 3.26. The Bertz CT molecular complexity index is 242. The number of esters is 1. The predicted molar refractivity (Wildman–Crippen MR) is 51.9 cm³/mol. The van der Waals surface area contributed by atoms with Crippen molar-refractivity contribution in [3.05, 3.63) is 0 Å².